The molecule has 60 heavy (non-hydrogen) atoms. The minimum Gasteiger partial charge on any atom is -0.486 e. The fourth-order valence-corrected chi connectivity index (χ4v) is 7.91. The van der Waals surface area contributed by atoms with Crippen LogP contribution in [0.25, 0.3) is 0 Å². The van der Waals surface area contributed by atoms with Crippen molar-refractivity contribution in [2.24, 2.45) is 9.98 Å². The van der Waals surface area contributed by atoms with Crippen molar-refractivity contribution in [3.63, 3.8) is 0 Å². The average molecular weight is 821 g/mol. The van der Waals surface area contributed by atoms with Gasteiger partial charge in [-0.2, -0.15) is 0 Å². The van der Waals surface area contributed by atoms with Crippen molar-refractivity contribution in [2.45, 2.75) is 37.0 Å². The van der Waals surface area contributed by atoms with Crippen LogP contribution in [0.3, 0.4) is 0 Å². The number of amidine groups is 2. The molecular weight excluding hydrogens is 779 g/mol. The molecule has 0 radical (unpaired) electrons. The highest BCUT2D eigenvalue weighted by atomic mass is 19.1. The van der Waals surface area contributed by atoms with Crippen molar-refractivity contribution < 1.29 is 35.8 Å². The highest BCUT2D eigenvalue weighted by molar-refractivity contribution is 5.87. The zero-order chi connectivity index (χ0) is 42.6. The van der Waals surface area contributed by atoms with Gasteiger partial charge in [-0.3, -0.25) is 9.98 Å². The molecule has 0 aromatic heterocycles. The summed E-state index contributed by atoms with van der Waals surface area (Å²) < 4.78 is 94.4. The Bertz CT molecular complexity index is 2550. The second-order valence-electron chi connectivity index (χ2n) is 15.0. The molecule has 0 saturated heterocycles. The van der Waals surface area contributed by atoms with Crippen molar-refractivity contribution in [1.82, 2.24) is 9.80 Å². The normalized spacial score (nSPS) is 20.9. The number of nitrogens with zero attached hydrogens (tertiary/aromatic N) is 4. The molecule has 12 heteroatoms. The summed E-state index contributed by atoms with van der Waals surface area (Å²) in [4.78, 5) is 13.5. The van der Waals surface area contributed by atoms with Crippen LogP contribution < -0.4 is 9.47 Å². The van der Waals surface area contributed by atoms with E-state index in [4.69, 9.17) is 19.5 Å². The van der Waals surface area contributed by atoms with Crippen molar-refractivity contribution in [3.05, 3.63) is 203 Å². The maximum Gasteiger partial charge on any atom is 0.145 e. The monoisotopic (exact) mass is 820 g/mol. The van der Waals surface area contributed by atoms with E-state index in [0.717, 1.165) is 0 Å². The first-order valence-electron chi connectivity index (χ1n) is 19.2. The Kier molecular flexibility index (Phi) is 12.0. The van der Waals surface area contributed by atoms with Crippen LogP contribution in [0.15, 0.2) is 156 Å². The second kappa shape index (κ2) is 17.3. The minimum absolute atomic E-state index is 0.0939. The molecule has 2 aliphatic heterocycles. The van der Waals surface area contributed by atoms with E-state index >= 15 is 0 Å². The topological polar surface area (TPSA) is 49.7 Å². The summed E-state index contributed by atoms with van der Waals surface area (Å²) >= 11 is 0. The average Bonchev–Trinajstić information content (AvgIpc) is 3.64. The van der Waals surface area contributed by atoms with E-state index in [2.05, 4.69) is 0 Å². The van der Waals surface area contributed by atoms with Gasteiger partial charge < -0.3 is 19.3 Å². The fraction of sp³-hybridized carbons (Fsp3) is 0.208. The van der Waals surface area contributed by atoms with Gasteiger partial charge >= 0.3 is 0 Å². The zero-order valence-corrected chi connectivity index (χ0v) is 33.3. The molecule has 8 rings (SSSR count). The van der Waals surface area contributed by atoms with Crippen molar-refractivity contribution in [1.29, 1.82) is 0 Å². The summed E-state index contributed by atoms with van der Waals surface area (Å²) in [6.45, 7) is 4.02. The lowest BCUT2D eigenvalue weighted by Gasteiger charge is -2.39. The number of hydrogen-bond donors (Lipinski definition) is 0. The standard InChI is InChI=1S/2C24H21F3N2O/c1-24(17-7-4-9-19(26)13-17)23(16-6-3-8-18(25)12-16)29(2)22(28-24)15-30-21-11-5-10-20(27)14-21;1-24(17-7-4-9-19(26)13-17)23(16-6-3-8-18(25)12-16)28-22(29(24)2)15-30-21-11-5-10-20(27)14-21/h2*3-14,23H,15H2,1-2H3/t2*23-,24+/m11/s1. The summed E-state index contributed by atoms with van der Waals surface area (Å²) in [5, 5.41) is 0. The predicted octanol–water partition coefficient (Wildman–Crippen LogP) is 11.0. The molecular formula is C48H42F6N4O2. The van der Waals surface area contributed by atoms with E-state index in [1.807, 2.05) is 55.9 Å². The van der Waals surface area contributed by atoms with E-state index in [0.29, 0.717) is 45.4 Å². The Morgan fingerprint density at radius 1 is 0.517 bits per heavy atom. The number of rotatable bonds is 10. The fourth-order valence-electron chi connectivity index (χ4n) is 7.91. The number of ether oxygens (including phenoxy) is 2. The molecule has 0 amide bonds. The van der Waals surface area contributed by atoms with Crippen molar-refractivity contribution in [3.8, 4) is 11.5 Å². The van der Waals surface area contributed by atoms with Gasteiger partial charge in [-0.25, -0.2) is 26.3 Å². The van der Waals surface area contributed by atoms with E-state index in [9.17, 15) is 26.3 Å². The van der Waals surface area contributed by atoms with Gasteiger partial charge in [0.15, 0.2) is 0 Å². The van der Waals surface area contributed by atoms with Gasteiger partial charge in [-0.05, 0) is 109 Å². The summed E-state index contributed by atoms with van der Waals surface area (Å²) in [6.07, 6.45) is 0. The third-order valence-electron chi connectivity index (χ3n) is 11.1. The van der Waals surface area contributed by atoms with Crippen molar-refractivity contribution >= 4 is 11.7 Å². The lowest BCUT2D eigenvalue weighted by atomic mass is 9.81. The molecule has 6 aromatic rings. The Morgan fingerprint density at radius 2 is 0.950 bits per heavy atom. The highest BCUT2D eigenvalue weighted by Crippen LogP contribution is 2.48. The molecule has 2 heterocycles. The molecule has 0 unspecified atom stereocenters. The van der Waals surface area contributed by atoms with E-state index < -0.39 is 28.8 Å². The van der Waals surface area contributed by atoms with Crippen LogP contribution >= 0.6 is 0 Å². The summed E-state index contributed by atoms with van der Waals surface area (Å²) in [6, 6.07) is 36.0. The first-order valence-corrected chi connectivity index (χ1v) is 19.2. The smallest absolute Gasteiger partial charge is 0.145 e. The number of hydrogen-bond acceptors (Lipinski definition) is 6. The lowest BCUT2D eigenvalue weighted by molar-refractivity contribution is 0.209. The summed E-state index contributed by atoms with van der Waals surface area (Å²) in [7, 11) is 3.69. The molecule has 2 aliphatic rings. The van der Waals surface area contributed by atoms with E-state index in [-0.39, 0.29) is 42.5 Å². The molecule has 0 saturated carbocycles. The third-order valence-corrected chi connectivity index (χ3v) is 11.1. The van der Waals surface area contributed by atoms with Crippen LogP contribution in [0.1, 0.15) is 48.2 Å². The Morgan fingerprint density at radius 3 is 1.48 bits per heavy atom. The van der Waals surface area contributed by atoms with Crippen LogP contribution in [0, 0.1) is 34.9 Å². The van der Waals surface area contributed by atoms with Crippen LogP contribution in [0.4, 0.5) is 26.3 Å². The predicted molar refractivity (Wildman–Crippen MR) is 220 cm³/mol. The van der Waals surface area contributed by atoms with Crippen LogP contribution in [0.5, 0.6) is 11.5 Å². The SMILES string of the molecule is CN1C(COc2cccc(F)c2)=N[C@@](C)(c2cccc(F)c2)[C@H]1c1cccc(F)c1.CN1C(COc2cccc(F)c2)=N[C@H](c2cccc(F)c2)[C@]1(C)c1cccc(F)c1. The molecule has 4 atom stereocenters. The molecule has 6 aromatic carbocycles. The maximum atomic E-state index is 14.0. The van der Waals surface area contributed by atoms with Gasteiger partial charge in [0, 0.05) is 26.2 Å². The van der Waals surface area contributed by atoms with Crippen LogP contribution in [-0.2, 0) is 11.1 Å². The molecule has 0 aliphatic carbocycles. The molecule has 6 nitrogen and oxygen atoms in total. The Balaban J connectivity index is 0.000000181. The van der Waals surface area contributed by atoms with Gasteiger partial charge in [0.1, 0.15) is 82.9 Å². The molecule has 0 bridgehead atoms. The lowest BCUT2D eigenvalue weighted by Crippen LogP contribution is -2.44. The molecule has 308 valence electrons. The van der Waals surface area contributed by atoms with E-state index in [1.165, 1.54) is 72.8 Å². The largest absolute Gasteiger partial charge is 0.486 e. The maximum absolute atomic E-state index is 14.0. The number of likely N-dealkylation sites (N-methyl/N-ethyl adjacent to an activating group) is 2. The molecule has 0 N–H and O–H groups in total. The number of benzene rings is 6. The van der Waals surface area contributed by atoms with Gasteiger partial charge in [0.05, 0.1) is 11.6 Å². The third kappa shape index (κ3) is 8.73. The Hall–Kier alpha value is -6.56. The second-order valence-corrected chi connectivity index (χ2v) is 15.0. The van der Waals surface area contributed by atoms with Crippen LogP contribution in [0.2, 0.25) is 0 Å². The van der Waals surface area contributed by atoms with Gasteiger partial charge in [0.2, 0.25) is 0 Å². The van der Waals surface area contributed by atoms with Crippen molar-refractivity contribution in [2.75, 3.05) is 27.3 Å². The number of aliphatic imine (C=N–C) groups is 2. The van der Waals surface area contributed by atoms with Gasteiger partial charge in [-0.1, -0.05) is 60.7 Å². The summed E-state index contributed by atoms with van der Waals surface area (Å²) in [5.74, 6) is -0.268. The first kappa shape index (κ1) is 41.6. The minimum atomic E-state index is -0.870. The first-order chi connectivity index (χ1) is 28.7. The zero-order valence-electron chi connectivity index (χ0n) is 33.3. The van der Waals surface area contributed by atoms with Crippen LogP contribution in [-0.4, -0.2) is 48.8 Å². The Labute approximate surface area is 345 Å². The number of halogens is 6. The highest BCUT2D eigenvalue weighted by Gasteiger charge is 2.48. The van der Waals surface area contributed by atoms with E-state index in [1.54, 1.807) is 54.6 Å². The quantitative estimate of drug-likeness (QED) is 0.129. The van der Waals surface area contributed by atoms with Gasteiger partial charge in [-0.15, -0.1) is 0 Å². The molecule has 0 fully saturated rings. The summed E-state index contributed by atoms with van der Waals surface area (Å²) in [5.41, 5.74) is 1.14. The van der Waals surface area contributed by atoms with Gasteiger partial charge in [0.25, 0.3) is 0 Å². The molecule has 0 spiro atoms.